The molecule has 1 atom stereocenters. The van der Waals surface area contributed by atoms with Gasteiger partial charge in [0.1, 0.15) is 5.82 Å². The number of benzene rings is 8. The molecule has 9 aromatic rings. The number of rotatable bonds is 6. The van der Waals surface area contributed by atoms with E-state index in [1.54, 1.807) is 0 Å². The zero-order valence-corrected chi connectivity index (χ0v) is 31.9. The smallest absolute Gasteiger partial charge is 0.129 e. The Morgan fingerprint density at radius 1 is 0.474 bits per heavy atom. The minimum atomic E-state index is 0.267. The van der Waals surface area contributed by atoms with Crippen LogP contribution in [0, 0.1) is 0 Å². The third-order valence-corrected chi connectivity index (χ3v) is 13.1. The molecule has 3 aliphatic rings. The van der Waals surface area contributed by atoms with Crippen molar-refractivity contribution in [2.24, 2.45) is 0 Å². The molecule has 0 N–H and O–H groups in total. The van der Waals surface area contributed by atoms with Gasteiger partial charge in [0, 0.05) is 34.2 Å². The molecule has 0 bridgehead atoms. The van der Waals surface area contributed by atoms with E-state index in [1.807, 2.05) is 11.3 Å². The second kappa shape index (κ2) is 12.8. The van der Waals surface area contributed by atoms with E-state index in [4.69, 9.17) is 9.97 Å². The molecule has 0 fully saturated rings. The van der Waals surface area contributed by atoms with E-state index < -0.39 is 0 Å². The minimum Gasteiger partial charge on any atom is -0.306 e. The first kappa shape index (κ1) is 32.4. The van der Waals surface area contributed by atoms with Crippen LogP contribution in [0.4, 0.5) is 0 Å². The molecular weight excluding hydrogens is 711 g/mol. The monoisotopic (exact) mass is 745 g/mol. The van der Waals surface area contributed by atoms with E-state index in [1.165, 1.54) is 81.0 Å². The van der Waals surface area contributed by atoms with Crippen molar-refractivity contribution in [2.45, 2.75) is 18.8 Å². The third-order valence-electron chi connectivity index (χ3n) is 12.0. The highest BCUT2D eigenvalue weighted by Gasteiger charge is 2.29. The average molecular weight is 746 g/mol. The number of pyridine rings is 1. The van der Waals surface area contributed by atoms with Gasteiger partial charge in [-0.05, 0) is 87.0 Å². The molecule has 0 radical (unpaired) electrons. The summed E-state index contributed by atoms with van der Waals surface area (Å²) in [5.41, 5.74) is 15.8. The second-order valence-electron chi connectivity index (χ2n) is 15.2. The van der Waals surface area contributed by atoms with Crippen LogP contribution in [-0.2, 0) is 6.42 Å². The van der Waals surface area contributed by atoms with Crippen molar-refractivity contribution in [1.29, 1.82) is 0 Å². The zero-order chi connectivity index (χ0) is 37.5. The summed E-state index contributed by atoms with van der Waals surface area (Å²) < 4.78 is 5.07. The lowest BCUT2D eigenvalue weighted by molar-refractivity contribution is 0.702. The lowest BCUT2D eigenvalue weighted by Gasteiger charge is -2.23. The van der Waals surface area contributed by atoms with E-state index in [2.05, 4.69) is 187 Å². The SMILES string of the molecule is c1ccc(-c2cc(-c3ccccc3)nc(CCC3c4ccccc4-c4cc(-c5ccc6c(c5)sc5cccc7c5-n6c5cccc6cccc7c65)ccc43)n2)cc1. The summed E-state index contributed by atoms with van der Waals surface area (Å²) >= 11 is 1.89. The van der Waals surface area contributed by atoms with Crippen molar-refractivity contribution < 1.29 is 0 Å². The van der Waals surface area contributed by atoms with Crippen LogP contribution in [0.2, 0.25) is 0 Å². The molecule has 4 heteroatoms. The number of fused-ring (bicyclic) bond motifs is 7. The van der Waals surface area contributed by atoms with Gasteiger partial charge in [0.05, 0.1) is 37.5 Å². The number of hydrogen-bond acceptors (Lipinski definition) is 3. The first-order chi connectivity index (χ1) is 28.2. The van der Waals surface area contributed by atoms with Gasteiger partial charge in [-0.2, -0.15) is 0 Å². The Morgan fingerprint density at radius 3 is 1.95 bits per heavy atom. The third kappa shape index (κ3) is 5.18. The highest BCUT2D eigenvalue weighted by atomic mass is 32.1. The maximum absolute atomic E-state index is 5.13. The van der Waals surface area contributed by atoms with Crippen molar-refractivity contribution >= 4 is 53.3 Å². The van der Waals surface area contributed by atoms with Gasteiger partial charge in [-0.3, -0.25) is 0 Å². The standard InChI is InChI=1S/C53H35N3S/c1-3-12-33(13-4-1)45-32-46(34-14-5-2-6-15-34)55-51(54-45)29-27-40-38-18-7-8-19-39(38)44-30-36(24-26-41(40)44)37-25-28-47-50(31-37)57-49-23-11-21-43-42-20-9-16-35-17-10-22-48(52(35)42)56(47)53(43)49/h1-26,28,30-32,40H,27,29H2. The Hall–Kier alpha value is -6.88. The van der Waals surface area contributed by atoms with Crippen LogP contribution in [0.15, 0.2) is 182 Å². The van der Waals surface area contributed by atoms with Crippen LogP contribution in [0.25, 0.3) is 92.4 Å². The largest absolute Gasteiger partial charge is 0.306 e. The fourth-order valence-electron chi connectivity index (χ4n) is 9.43. The van der Waals surface area contributed by atoms with Crippen LogP contribution in [0.1, 0.15) is 29.3 Å². The summed E-state index contributed by atoms with van der Waals surface area (Å²) in [5, 5.41) is 5.22. The number of aryl methyl sites for hydroxylation is 1. The van der Waals surface area contributed by atoms with Crippen LogP contribution in [-0.4, -0.2) is 14.5 Å². The normalized spacial score (nSPS) is 13.6. The summed E-state index contributed by atoms with van der Waals surface area (Å²) in [6.07, 6.45) is 1.71. The summed E-state index contributed by atoms with van der Waals surface area (Å²) in [7, 11) is 0. The molecule has 1 aliphatic carbocycles. The molecule has 2 aliphatic heterocycles. The second-order valence-corrected chi connectivity index (χ2v) is 16.3. The maximum Gasteiger partial charge on any atom is 0.129 e. The number of hydrogen-bond donors (Lipinski definition) is 0. The van der Waals surface area contributed by atoms with Crippen LogP contribution < -0.4 is 0 Å². The summed E-state index contributed by atoms with van der Waals surface area (Å²) in [6, 6.07) is 66.4. The van der Waals surface area contributed by atoms with Gasteiger partial charge in [-0.25, -0.2) is 9.97 Å². The average Bonchev–Trinajstić information content (AvgIpc) is 3.59. The molecule has 3 nitrogen and oxygen atoms in total. The molecule has 57 heavy (non-hydrogen) atoms. The topological polar surface area (TPSA) is 30.7 Å². The molecule has 0 amide bonds. The van der Waals surface area contributed by atoms with Gasteiger partial charge < -0.3 is 4.57 Å². The number of nitrogens with zero attached hydrogens (tertiary/aromatic N) is 3. The Labute approximate surface area is 334 Å². The van der Waals surface area contributed by atoms with E-state index in [0.29, 0.717) is 0 Å². The van der Waals surface area contributed by atoms with Gasteiger partial charge in [0.15, 0.2) is 0 Å². The molecule has 3 heterocycles. The molecule has 12 rings (SSSR count). The lowest BCUT2D eigenvalue weighted by Crippen LogP contribution is -2.04. The lowest BCUT2D eigenvalue weighted by atomic mass is 9.91. The van der Waals surface area contributed by atoms with E-state index in [9.17, 15) is 0 Å². The Kier molecular flexibility index (Phi) is 7.29. The quantitative estimate of drug-likeness (QED) is 0.125. The van der Waals surface area contributed by atoms with Gasteiger partial charge >= 0.3 is 0 Å². The molecule has 8 aromatic carbocycles. The van der Waals surface area contributed by atoms with Crippen LogP contribution in [0.5, 0.6) is 0 Å². The first-order valence-electron chi connectivity index (χ1n) is 19.7. The summed E-state index contributed by atoms with van der Waals surface area (Å²) in [5.74, 6) is 1.15. The van der Waals surface area contributed by atoms with Gasteiger partial charge in [-0.15, -0.1) is 11.3 Å². The van der Waals surface area contributed by atoms with E-state index >= 15 is 0 Å². The fourth-order valence-corrected chi connectivity index (χ4v) is 10.6. The highest BCUT2D eigenvalue weighted by Crippen LogP contribution is 2.49. The van der Waals surface area contributed by atoms with Crippen molar-refractivity contribution in [3.63, 3.8) is 0 Å². The molecule has 0 saturated carbocycles. The summed E-state index contributed by atoms with van der Waals surface area (Å²) in [6.45, 7) is 0. The van der Waals surface area contributed by atoms with Gasteiger partial charge in [0.25, 0.3) is 0 Å². The minimum absolute atomic E-state index is 0.267. The van der Waals surface area contributed by atoms with Crippen molar-refractivity contribution in [1.82, 2.24) is 14.5 Å². The predicted molar refractivity (Wildman–Crippen MR) is 239 cm³/mol. The van der Waals surface area contributed by atoms with Gasteiger partial charge in [0.2, 0.25) is 0 Å². The van der Waals surface area contributed by atoms with Crippen LogP contribution >= 0.6 is 11.3 Å². The van der Waals surface area contributed by atoms with Crippen molar-refractivity contribution in [3.8, 4) is 50.5 Å². The van der Waals surface area contributed by atoms with Crippen molar-refractivity contribution in [3.05, 3.63) is 199 Å². The van der Waals surface area contributed by atoms with Gasteiger partial charge in [-0.1, -0.05) is 146 Å². The molecule has 0 spiro atoms. The maximum atomic E-state index is 5.13. The molecule has 0 saturated heterocycles. The molecule has 1 aromatic heterocycles. The van der Waals surface area contributed by atoms with Crippen molar-refractivity contribution in [2.75, 3.05) is 0 Å². The Balaban J connectivity index is 0.935. The Bertz CT molecular complexity index is 3240. The van der Waals surface area contributed by atoms with E-state index in [0.717, 1.165) is 41.2 Å². The van der Waals surface area contributed by atoms with Crippen LogP contribution in [0.3, 0.4) is 0 Å². The zero-order valence-electron chi connectivity index (χ0n) is 31.1. The fraction of sp³-hybridized carbons (Fsp3) is 0.0566. The Morgan fingerprint density at radius 2 is 1.14 bits per heavy atom. The number of aromatic nitrogens is 3. The molecular formula is C53H35N3S. The first-order valence-corrected chi connectivity index (χ1v) is 20.6. The molecule has 268 valence electrons. The molecule has 1 unspecified atom stereocenters. The highest BCUT2D eigenvalue weighted by molar-refractivity contribution is 7.24. The summed E-state index contributed by atoms with van der Waals surface area (Å²) in [4.78, 5) is 10.3. The van der Waals surface area contributed by atoms with E-state index in [-0.39, 0.29) is 5.92 Å². The predicted octanol–water partition coefficient (Wildman–Crippen LogP) is 14.1. The number of para-hydroxylation sites is 1.